The molecule has 0 saturated heterocycles. The van der Waals surface area contributed by atoms with Gasteiger partial charge in [0.15, 0.2) is 6.10 Å². The minimum absolute atomic E-state index is 0.259. The van der Waals surface area contributed by atoms with Gasteiger partial charge in [-0.3, -0.25) is 9.59 Å². The summed E-state index contributed by atoms with van der Waals surface area (Å²) in [6.45, 7) is 1.98. The molecular formula is C14H17Cl2NO4. The molecule has 1 amide bonds. The Balaban J connectivity index is 2.39. The van der Waals surface area contributed by atoms with Gasteiger partial charge >= 0.3 is 5.97 Å². The van der Waals surface area contributed by atoms with E-state index < -0.39 is 6.10 Å². The van der Waals surface area contributed by atoms with E-state index in [2.05, 4.69) is 10.1 Å². The fraction of sp³-hybridized carbons (Fsp3) is 0.429. The van der Waals surface area contributed by atoms with Crippen LogP contribution in [0.5, 0.6) is 5.75 Å². The molecule has 0 saturated carbocycles. The van der Waals surface area contributed by atoms with E-state index in [1.165, 1.54) is 7.11 Å². The molecule has 0 heterocycles. The SMILES string of the molecule is COC(=O)CCCNC(=O)C(C)Oc1ccc(Cl)cc1Cl. The largest absolute Gasteiger partial charge is 0.479 e. The third-order valence-electron chi connectivity index (χ3n) is 2.65. The van der Waals surface area contributed by atoms with Gasteiger partial charge in [0.25, 0.3) is 5.91 Å². The normalized spacial score (nSPS) is 11.6. The van der Waals surface area contributed by atoms with E-state index in [1.807, 2.05) is 0 Å². The van der Waals surface area contributed by atoms with Crippen molar-refractivity contribution in [2.45, 2.75) is 25.9 Å². The Morgan fingerprint density at radius 1 is 1.33 bits per heavy atom. The lowest BCUT2D eigenvalue weighted by atomic mass is 10.3. The Morgan fingerprint density at radius 3 is 2.67 bits per heavy atom. The van der Waals surface area contributed by atoms with Crippen LogP contribution in [0.25, 0.3) is 0 Å². The van der Waals surface area contributed by atoms with Crippen LogP contribution in [0.15, 0.2) is 18.2 Å². The molecule has 7 heteroatoms. The first-order chi connectivity index (χ1) is 9.93. The number of methoxy groups -OCH3 is 1. The van der Waals surface area contributed by atoms with Gasteiger partial charge in [-0.15, -0.1) is 0 Å². The zero-order chi connectivity index (χ0) is 15.8. The molecule has 1 aromatic carbocycles. The van der Waals surface area contributed by atoms with Crippen LogP contribution in [-0.4, -0.2) is 31.6 Å². The lowest BCUT2D eigenvalue weighted by Crippen LogP contribution is -2.37. The average molecular weight is 334 g/mol. The number of amides is 1. The number of hydrogen-bond acceptors (Lipinski definition) is 4. The van der Waals surface area contributed by atoms with Crippen LogP contribution in [0.3, 0.4) is 0 Å². The maximum Gasteiger partial charge on any atom is 0.305 e. The van der Waals surface area contributed by atoms with Gasteiger partial charge in [-0.05, 0) is 31.5 Å². The predicted molar refractivity (Wildman–Crippen MR) is 80.8 cm³/mol. The molecule has 0 aliphatic rings. The number of esters is 1. The van der Waals surface area contributed by atoms with Crippen LogP contribution >= 0.6 is 23.2 Å². The molecule has 0 aliphatic carbocycles. The van der Waals surface area contributed by atoms with E-state index in [0.717, 1.165) is 0 Å². The zero-order valence-electron chi connectivity index (χ0n) is 11.8. The molecule has 1 N–H and O–H groups in total. The first-order valence-corrected chi connectivity index (χ1v) is 7.16. The highest BCUT2D eigenvalue weighted by Crippen LogP contribution is 2.28. The van der Waals surface area contributed by atoms with Gasteiger partial charge in [-0.1, -0.05) is 23.2 Å². The van der Waals surface area contributed by atoms with Gasteiger partial charge in [0.05, 0.1) is 12.1 Å². The van der Waals surface area contributed by atoms with Crippen molar-refractivity contribution in [2.75, 3.05) is 13.7 Å². The molecule has 5 nitrogen and oxygen atoms in total. The molecule has 0 bridgehead atoms. The molecular weight excluding hydrogens is 317 g/mol. The molecule has 21 heavy (non-hydrogen) atoms. The van der Waals surface area contributed by atoms with E-state index >= 15 is 0 Å². The molecule has 116 valence electrons. The Kier molecular flexibility index (Phi) is 7.32. The third kappa shape index (κ3) is 6.23. The smallest absolute Gasteiger partial charge is 0.305 e. The fourth-order valence-corrected chi connectivity index (χ4v) is 1.96. The molecule has 1 atom stereocenters. The van der Waals surface area contributed by atoms with Crippen molar-refractivity contribution in [1.29, 1.82) is 0 Å². The third-order valence-corrected chi connectivity index (χ3v) is 3.18. The predicted octanol–water partition coefficient (Wildman–Crippen LogP) is 2.83. The van der Waals surface area contributed by atoms with Crippen molar-refractivity contribution in [3.63, 3.8) is 0 Å². The molecule has 0 radical (unpaired) electrons. The summed E-state index contributed by atoms with van der Waals surface area (Å²) in [5, 5.41) is 3.51. The number of carbonyl (C=O) groups excluding carboxylic acids is 2. The van der Waals surface area contributed by atoms with Crippen LogP contribution in [0.1, 0.15) is 19.8 Å². The van der Waals surface area contributed by atoms with Gasteiger partial charge < -0.3 is 14.8 Å². The number of nitrogens with one attached hydrogen (secondary N) is 1. The van der Waals surface area contributed by atoms with Crippen LogP contribution < -0.4 is 10.1 Å². The monoisotopic (exact) mass is 333 g/mol. The minimum atomic E-state index is -0.707. The number of benzene rings is 1. The van der Waals surface area contributed by atoms with Crippen molar-refractivity contribution in [3.8, 4) is 5.75 Å². The summed E-state index contributed by atoms with van der Waals surface area (Å²) in [4.78, 5) is 22.7. The second-order valence-corrected chi connectivity index (χ2v) is 5.15. The van der Waals surface area contributed by atoms with Crippen LogP contribution in [0.2, 0.25) is 10.0 Å². The summed E-state index contributed by atoms with van der Waals surface area (Å²) in [5.41, 5.74) is 0. The lowest BCUT2D eigenvalue weighted by molar-refractivity contribution is -0.140. The van der Waals surface area contributed by atoms with Gasteiger partial charge in [-0.25, -0.2) is 0 Å². The Bertz CT molecular complexity index is 508. The summed E-state index contributed by atoms with van der Waals surface area (Å²) in [7, 11) is 1.33. The zero-order valence-corrected chi connectivity index (χ0v) is 13.3. The lowest BCUT2D eigenvalue weighted by Gasteiger charge is -2.15. The standard InChI is InChI=1S/C14H17Cl2NO4/c1-9(14(19)17-7-3-4-13(18)20-2)21-12-6-5-10(15)8-11(12)16/h5-6,8-9H,3-4,7H2,1-2H3,(H,17,19). The van der Waals surface area contributed by atoms with Crippen molar-refractivity contribution < 1.29 is 19.1 Å². The highest BCUT2D eigenvalue weighted by atomic mass is 35.5. The molecule has 1 rings (SSSR count). The second kappa shape index (κ2) is 8.74. The summed E-state index contributed by atoms with van der Waals surface area (Å²) in [6.07, 6.45) is 0.0591. The maximum absolute atomic E-state index is 11.8. The van der Waals surface area contributed by atoms with Crippen LogP contribution in [-0.2, 0) is 14.3 Å². The minimum Gasteiger partial charge on any atom is -0.479 e. The quantitative estimate of drug-likeness (QED) is 0.615. The Labute approximate surface area is 133 Å². The van der Waals surface area contributed by atoms with E-state index in [-0.39, 0.29) is 18.3 Å². The van der Waals surface area contributed by atoms with E-state index in [9.17, 15) is 9.59 Å². The average Bonchev–Trinajstić information content (AvgIpc) is 2.45. The highest BCUT2D eigenvalue weighted by molar-refractivity contribution is 6.35. The van der Waals surface area contributed by atoms with Crippen molar-refractivity contribution in [1.82, 2.24) is 5.32 Å². The number of halogens is 2. The highest BCUT2D eigenvalue weighted by Gasteiger charge is 2.15. The van der Waals surface area contributed by atoms with Crippen LogP contribution in [0.4, 0.5) is 0 Å². The van der Waals surface area contributed by atoms with Crippen molar-refractivity contribution >= 4 is 35.1 Å². The maximum atomic E-state index is 11.8. The number of ether oxygens (including phenoxy) is 2. The van der Waals surface area contributed by atoms with Gasteiger partial charge in [0.1, 0.15) is 5.75 Å². The molecule has 1 unspecified atom stereocenters. The van der Waals surface area contributed by atoms with E-state index in [1.54, 1.807) is 25.1 Å². The fourth-order valence-electron chi connectivity index (χ4n) is 1.50. The number of hydrogen-bond donors (Lipinski definition) is 1. The molecule has 0 fully saturated rings. The summed E-state index contributed by atoms with van der Waals surface area (Å²) < 4.78 is 9.97. The topological polar surface area (TPSA) is 64.6 Å². The first kappa shape index (κ1) is 17.6. The molecule has 0 aromatic heterocycles. The molecule has 1 aromatic rings. The van der Waals surface area contributed by atoms with Gasteiger partial charge in [0.2, 0.25) is 0 Å². The van der Waals surface area contributed by atoms with E-state index in [4.69, 9.17) is 27.9 Å². The molecule has 0 spiro atoms. The summed E-state index contributed by atoms with van der Waals surface area (Å²) in [5.74, 6) is -0.203. The van der Waals surface area contributed by atoms with Crippen molar-refractivity contribution in [3.05, 3.63) is 28.2 Å². The molecule has 0 aliphatic heterocycles. The Hall–Kier alpha value is -1.46. The van der Waals surface area contributed by atoms with Crippen LogP contribution in [0, 0.1) is 0 Å². The van der Waals surface area contributed by atoms with Crippen molar-refractivity contribution in [2.24, 2.45) is 0 Å². The summed E-state index contributed by atoms with van der Waals surface area (Å²) in [6, 6.07) is 4.77. The first-order valence-electron chi connectivity index (χ1n) is 6.40. The second-order valence-electron chi connectivity index (χ2n) is 4.31. The van der Waals surface area contributed by atoms with Gasteiger partial charge in [0, 0.05) is 18.0 Å². The van der Waals surface area contributed by atoms with Gasteiger partial charge in [-0.2, -0.15) is 0 Å². The van der Waals surface area contributed by atoms with E-state index in [0.29, 0.717) is 28.8 Å². The number of rotatable bonds is 7. The Morgan fingerprint density at radius 2 is 2.05 bits per heavy atom. The summed E-state index contributed by atoms with van der Waals surface area (Å²) >= 11 is 11.7. The number of carbonyl (C=O) groups is 2.